The molecule has 0 saturated heterocycles. The van der Waals surface area contributed by atoms with Gasteiger partial charge in [-0.3, -0.25) is 4.79 Å². The molecule has 122 valence electrons. The minimum Gasteiger partial charge on any atom is -0.348 e. The molecule has 2 bridgehead atoms. The fraction of sp³-hybridized carbons (Fsp3) is 0.750. The van der Waals surface area contributed by atoms with Gasteiger partial charge >= 0.3 is 0 Å². The molecule has 0 spiro atoms. The van der Waals surface area contributed by atoms with Gasteiger partial charge in [0.05, 0.1) is 5.01 Å². The van der Waals surface area contributed by atoms with E-state index in [1.807, 2.05) is 5.38 Å². The number of fused-ring (bicyclic) bond motifs is 5. The van der Waals surface area contributed by atoms with E-state index in [1.54, 1.807) is 0 Å². The summed E-state index contributed by atoms with van der Waals surface area (Å²) in [4.78, 5) is 16.8. The lowest BCUT2D eigenvalue weighted by atomic mass is 9.79. The van der Waals surface area contributed by atoms with Gasteiger partial charge < -0.3 is 11.1 Å². The Morgan fingerprint density at radius 3 is 2.95 bits per heavy atom. The third-order valence-corrected chi connectivity index (χ3v) is 6.80. The molecule has 3 fully saturated rings. The van der Waals surface area contributed by atoms with Crippen LogP contribution in [0.5, 0.6) is 0 Å². The third kappa shape index (κ3) is 2.68. The normalized spacial score (nSPS) is 35.2. The highest BCUT2D eigenvalue weighted by Gasteiger charge is 2.54. The molecule has 5 unspecified atom stereocenters. The molecule has 1 heterocycles. The van der Waals surface area contributed by atoms with Crippen molar-refractivity contribution in [1.82, 2.24) is 10.3 Å². The van der Waals surface area contributed by atoms with E-state index >= 15 is 0 Å². The van der Waals surface area contributed by atoms with Crippen molar-refractivity contribution in [1.29, 1.82) is 0 Å². The lowest BCUT2D eigenvalue weighted by Crippen LogP contribution is -2.42. The van der Waals surface area contributed by atoms with Crippen LogP contribution >= 0.6 is 23.7 Å². The molecule has 3 saturated carbocycles. The van der Waals surface area contributed by atoms with Gasteiger partial charge in [-0.15, -0.1) is 23.7 Å². The predicted octanol–water partition coefficient (Wildman–Crippen LogP) is 2.62. The van der Waals surface area contributed by atoms with Gasteiger partial charge in [-0.05, 0) is 55.9 Å². The first-order valence-electron chi connectivity index (χ1n) is 8.21. The van der Waals surface area contributed by atoms with E-state index in [9.17, 15) is 4.79 Å². The van der Waals surface area contributed by atoms with Crippen molar-refractivity contribution in [3.63, 3.8) is 0 Å². The van der Waals surface area contributed by atoms with Crippen LogP contribution in [0.2, 0.25) is 0 Å². The highest BCUT2D eigenvalue weighted by Crippen LogP contribution is 2.58. The first kappa shape index (κ1) is 16.2. The number of rotatable bonds is 4. The Bertz CT molecular complexity index is 549. The van der Waals surface area contributed by atoms with E-state index in [0.29, 0.717) is 18.3 Å². The highest BCUT2D eigenvalue weighted by atomic mass is 35.5. The largest absolute Gasteiger partial charge is 0.348 e. The number of halogens is 1. The zero-order chi connectivity index (χ0) is 14.4. The Morgan fingerprint density at radius 1 is 1.32 bits per heavy atom. The lowest BCUT2D eigenvalue weighted by Gasteiger charge is -2.31. The third-order valence-electron chi connectivity index (χ3n) is 5.89. The maximum Gasteiger partial charge on any atom is 0.270 e. The number of carbonyl (C=O) groups is 1. The maximum atomic E-state index is 12.4. The van der Waals surface area contributed by atoms with Gasteiger partial charge in [0.25, 0.3) is 5.91 Å². The van der Waals surface area contributed by atoms with Crippen LogP contribution in [0.3, 0.4) is 0 Å². The SMILES string of the molecule is Cl.NCCc1nc(C(=O)NC2CC3CC2C2CCCC32)cs1. The number of hydrogen-bond donors (Lipinski definition) is 2. The maximum absolute atomic E-state index is 12.4. The lowest BCUT2D eigenvalue weighted by molar-refractivity contribution is 0.0896. The van der Waals surface area contributed by atoms with E-state index in [2.05, 4.69) is 10.3 Å². The molecule has 1 aromatic heterocycles. The molecule has 3 N–H and O–H groups in total. The average molecular weight is 342 g/mol. The second-order valence-corrected chi connectivity index (χ2v) is 7.84. The smallest absolute Gasteiger partial charge is 0.270 e. The standard InChI is InChI=1S/C16H23N3OS.ClH/c17-5-4-15-18-14(8-21-15)16(20)19-13-7-9-6-12(13)11-3-1-2-10(9)11;/h8-13H,1-7,17H2,(H,19,20);1H. The van der Waals surface area contributed by atoms with Crippen LogP contribution in [0.25, 0.3) is 0 Å². The van der Waals surface area contributed by atoms with Crippen molar-refractivity contribution >= 4 is 29.7 Å². The van der Waals surface area contributed by atoms with E-state index < -0.39 is 0 Å². The number of nitrogens with two attached hydrogens (primary N) is 1. The van der Waals surface area contributed by atoms with Crippen LogP contribution in [0.4, 0.5) is 0 Å². The average Bonchev–Trinajstić information content (AvgIpc) is 3.20. The minimum absolute atomic E-state index is 0. The van der Waals surface area contributed by atoms with Crippen LogP contribution in [-0.4, -0.2) is 23.5 Å². The summed E-state index contributed by atoms with van der Waals surface area (Å²) < 4.78 is 0. The van der Waals surface area contributed by atoms with Gasteiger partial charge in [0.1, 0.15) is 5.69 Å². The van der Waals surface area contributed by atoms with Crippen LogP contribution in [0.15, 0.2) is 5.38 Å². The Balaban J connectivity index is 0.00000144. The quantitative estimate of drug-likeness (QED) is 0.884. The predicted molar refractivity (Wildman–Crippen MR) is 90.4 cm³/mol. The molecule has 3 aliphatic rings. The first-order chi connectivity index (χ1) is 10.3. The number of nitrogens with zero attached hydrogens (tertiary/aromatic N) is 1. The Labute approximate surface area is 141 Å². The summed E-state index contributed by atoms with van der Waals surface area (Å²) in [6, 6.07) is 0.390. The van der Waals surface area contributed by atoms with E-state index in [-0.39, 0.29) is 18.3 Å². The second kappa shape index (κ2) is 6.46. The molecule has 5 atom stereocenters. The van der Waals surface area contributed by atoms with Crippen molar-refractivity contribution in [3.8, 4) is 0 Å². The van der Waals surface area contributed by atoms with E-state index in [4.69, 9.17) is 5.73 Å². The molecule has 4 rings (SSSR count). The van der Waals surface area contributed by atoms with Gasteiger partial charge in [-0.2, -0.15) is 0 Å². The summed E-state index contributed by atoms with van der Waals surface area (Å²) in [5.41, 5.74) is 6.11. The van der Waals surface area contributed by atoms with Crippen molar-refractivity contribution in [2.24, 2.45) is 29.4 Å². The number of carbonyl (C=O) groups excluding carboxylic acids is 1. The fourth-order valence-electron chi connectivity index (χ4n) is 5.13. The Hall–Kier alpha value is -0.650. The minimum atomic E-state index is 0. The van der Waals surface area contributed by atoms with Crippen molar-refractivity contribution in [2.75, 3.05) is 6.54 Å². The van der Waals surface area contributed by atoms with E-state index in [1.165, 1.54) is 43.4 Å². The van der Waals surface area contributed by atoms with Crippen molar-refractivity contribution in [2.45, 2.75) is 44.6 Å². The van der Waals surface area contributed by atoms with Gasteiger partial charge in [0.2, 0.25) is 0 Å². The molecule has 4 nitrogen and oxygen atoms in total. The number of amides is 1. The molecule has 22 heavy (non-hydrogen) atoms. The Morgan fingerprint density at radius 2 is 2.14 bits per heavy atom. The Kier molecular flexibility index (Phi) is 4.76. The summed E-state index contributed by atoms with van der Waals surface area (Å²) >= 11 is 1.54. The van der Waals surface area contributed by atoms with Gasteiger partial charge in [-0.1, -0.05) is 6.42 Å². The second-order valence-electron chi connectivity index (χ2n) is 6.90. The van der Waals surface area contributed by atoms with Gasteiger partial charge in [0, 0.05) is 17.8 Å². The summed E-state index contributed by atoms with van der Waals surface area (Å²) in [5.74, 6) is 3.47. The molecule has 0 radical (unpaired) electrons. The monoisotopic (exact) mass is 341 g/mol. The molecule has 1 aromatic rings. The highest BCUT2D eigenvalue weighted by molar-refractivity contribution is 7.09. The molecule has 0 aliphatic heterocycles. The summed E-state index contributed by atoms with van der Waals surface area (Å²) in [6.07, 6.45) is 7.51. The summed E-state index contributed by atoms with van der Waals surface area (Å²) in [7, 11) is 0. The first-order valence-corrected chi connectivity index (χ1v) is 9.09. The van der Waals surface area contributed by atoms with E-state index in [0.717, 1.165) is 35.1 Å². The van der Waals surface area contributed by atoms with Crippen molar-refractivity contribution in [3.05, 3.63) is 16.1 Å². The molecular weight excluding hydrogens is 318 g/mol. The zero-order valence-corrected chi connectivity index (χ0v) is 14.3. The molecule has 6 heteroatoms. The number of hydrogen-bond acceptors (Lipinski definition) is 4. The topological polar surface area (TPSA) is 68.0 Å². The van der Waals surface area contributed by atoms with Crippen LogP contribution in [0.1, 0.15) is 47.6 Å². The molecular formula is C16H24ClN3OS. The summed E-state index contributed by atoms with van der Waals surface area (Å²) in [5, 5.41) is 6.10. The fourth-order valence-corrected chi connectivity index (χ4v) is 5.92. The zero-order valence-electron chi connectivity index (χ0n) is 12.7. The number of aromatic nitrogens is 1. The van der Waals surface area contributed by atoms with Crippen LogP contribution in [-0.2, 0) is 6.42 Å². The van der Waals surface area contributed by atoms with Crippen LogP contribution < -0.4 is 11.1 Å². The number of thiazole rings is 1. The number of nitrogens with one attached hydrogen (secondary N) is 1. The molecule has 0 aromatic carbocycles. The van der Waals surface area contributed by atoms with Crippen molar-refractivity contribution < 1.29 is 4.79 Å². The van der Waals surface area contributed by atoms with Crippen LogP contribution in [0, 0.1) is 23.7 Å². The van der Waals surface area contributed by atoms with Gasteiger partial charge in [-0.25, -0.2) is 4.98 Å². The van der Waals surface area contributed by atoms with Gasteiger partial charge in [0.15, 0.2) is 0 Å². The summed E-state index contributed by atoms with van der Waals surface area (Å²) in [6.45, 7) is 0.587. The molecule has 1 amide bonds. The molecule has 3 aliphatic carbocycles.